The molecule has 0 amide bonds. The highest BCUT2D eigenvalue weighted by Gasteiger charge is 2.42. The molecule has 8 rings (SSSR count). The molecule has 1 aliphatic carbocycles. The highest BCUT2D eigenvalue weighted by atomic mass is 19.2. The molecule has 3 heterocycles. The summed E-state index contributed by atoms with van der Waals surface area (Å²) in [7, 11) is 0. The molecule has 0 spiro atoms. The number of hydrogen-bond donors (Lipinski definition) is 3. The van der Waals surface area contributed by atoms with Crippen molar-refractivity contribution in [1.29, 1.82) is 0 Å². The van der Waals surface area contributed by atoms with Crippen LogP contribution in [0.2, 0.25) is 0 Å². The van der Waals surface area contributed by atoms with E-state index in [1.54, 1.807) is 4.90 Å². The summed E-state index contributed by atoms with van der Waals surface area (Å²) in [4.78, 5) is 49.5. The van der Waals surface area contributed by atoms with E-state index >= 15 is 4.39 Å². The molecule has 2 atom stereocenters. The second kappa shape index (κ2) is 14.2. The third-order valence-electron chi connectivity index (χ3n) is 9.69. The summed E-state index contributed by atoms with van der Waals surface area (Å²) in [5.41, 5.74) is 1.87. The summed E-state index contributed by atoms with van der Waals surface area (Å²) in [6, 6.07) is 8.71. The summed E-state index contributed by atoms with van der Waals surface area (Å²) in [5.74, 6) is -10.3. The van der Waals surface area contributed by atoms with Crippen LogP contribution in [0.1, 0.15) is 20.7 Å². The second-order valence-electron chi connectivity index (χ2n) is 13.2. The molecule has 57 heavy (non-hydrogen) atoms. The fourth-order valence-corrected chi connectivity index (χ4v) is 6.91. The first-order valence-electron chi connectivity index (χ1n) is 16.7. The van der Waals surface area contributed by atoms with Gasteiger partial charge in [0.15, 0.2) is 11.6 Å². The van der Waals surface area contributed by atoms with Crippen LogP contribution >= 0.6 is 0 Å². The van der Waals surface area contributed by atoms with E-state index in [-0.39, 0.29) is 39.4 Å². The van der Waals surface area contributed by atoms with E-state index in [0.717, 1.165) is 51.9 Å². The summed E-state index contributed by atoms with van der Waals surface area (Å²) in [6.07, 6.45) is 9.25. The predicted octanol–water partition coefficient (Wildman–Crippen LogP) is 6.61. The van der Waals surface area contributed by atoms with E-state index < -0.39 is 85.6 Å². The quantitative estimate of drug-likeness (QED) is 0.165. The molecule has 6 aromatic rings. The Balaban J connectivity index is 0.000000183. The fourth-order valence-electron chi connectivity index (χ4n) is 6.91. The SMILES string of the molecule is NC12C=CC=CC1CN(c1cc3c(cc1F)c(=O)c(C(=O)O)cn3-c1ccc(F)cc1F)C2.O=C(O)c1cn(-c2ccc(F)cc2F)c2cc(F)c(F)cc2c1=O. The molecule has 10 nitrogen and oxygen atoms in total. The zero-order chi connectivity index (χ0) is 41.1. The fraction of sp³-hybridized carbons (Fsp3) is 0.100. The molecule has 0 radical (unpaired) electrons. The molecule has 1 fully saturated rings. The number of carboxylic acid groups (broad SMARTS) is 2. The number of aromatic nitrogens is 2. The zero-order valence-electron chi connectivity index (χ0n) is 28.8. The van der Waals surface area contributed by atoms with E-state index in [9.17, 15) is 50.6 Å². The number of allylic oxidation sites excluding steroid dienone is 2. The first-order chi connectivity index (χ1) is 27.0. The van der Waals surface area contributed by atoms with Gasteiger partial charge in [-0.15, -0.1) is 0 Å². The highest BCUT2D eigenvalue weighted by Crippen LogP contribution is 2.36. The number of rotatable bonds is 5. The van der Waals surface area contributed by atoms with Gasteiger partial charge in [0.2, 0.25) is 10.9 Å². The second-order valence-corrected chi connectivity index (χ2v) is 13.2. The molecule has 0 saturated carbocycles. The topological polar surface area (TPSA) is 148 Å². The Hall–Kier alpha value is -7.01. The van der Waals surface area contributed by atoms with E-state index in [0.29, 0.717) is 37.4 Å². The van der Waals surface area contributed by atoms with Gasteiger partial charge in [0.25, 0.3) is 0 Å². The lowest BCUT2D eigenvalue weighted by Crippen LogP contribution is -2.46. The van der Waals surface area contributed by atoms with Crippen molar-refractivity contribution in [2.75, 3.05) is 18.0 Å². The normalized spacial score (nSPS) is 17.1. The molecule has 290 valence electrons. The number of pyridine rings is 2. The Bertz CT molecular complexity index is 2890. The minimum atomic E-state index is -1.62. The van der Waals surface area contributed by atoms with Gasteiger partial charge in [-0.3, -0.25) is 9.59 Å². The maximum absolute atomic E-state index is 15.2. The van der Waals surface area contributed by atoms with Crippen molar-refractivity contribution in [3.8, 4) is 11.4 Å². The van der Waals surface area contributed by atoms with Gasteiger partial charge < -0.3 is 30.0 Å². The van der Waals surface area contributed by atoms with Gasteiger partial charge in [-0.05, 0) is 42.5 Å². The number of benzene rings is 4. The number of carbonyl (C=O) groups is 2. The van der Waals surface area contributed by atoms with Crippen LogP contribution in [0.5, 0.6) is 0 Å². The van der Waals surface area contributed by atoms with Crippen molar-refractivity contribution >= 4 is 39.4 Å². The van der Waals surface area contributed by atoms with Crippen molar-refractivity contribution in [2.24, 2.45) is 11.7 Å². The van der Waals surface area contributed by atoms with Crippen LogP contribution in [0.3, 0.4) is 0 Å². The zero-order valence-corrected chi connectivity index (χ0v) is 28.8. The lowest BCUT2D eigenvalue weighted by atomic mass is 9.85. The largest absolute Gasteiger partial charge is 0.477 e. The van der Waals surface area contributed by atoms with E-state index in [4.69, 9.17) is 10.8 Å². The monoisotopic (exact) mass is 790 g/mol. The van der Waals surface area contributed by atoms with E-state index in [1.807, 2.05) is 24.3 Å². The number of fused-ring (bicyclic) bond motifs is 3. The van der Waals surface area contributed by atoms with Crippen LogP contribution in [0, 0.1) is 46.6 Å². The molecular formula is C40H25F7N4O6. The van der Waals surface area contributed by atoms with Crippen LogP contribution in [0.25, 0.3) is 33.2 Å². The van der Waals surface area contributed by atoms with Crippen LogP contribution in [-0.4, -0.2) is 49.9 Å². The third-order valence-corrected chi connectivity index (χ3v) is 9.69. The Kier molecular flexibility index (Phi) is 9.57. The van der Waals surface area contributed by atoms with Crippen molar-refractivity contribution in [3.05, 3.63) is 170 Å². The Morgan fingerprint density at radius 2 is 1.11 bits per heavy atom. The van der Waals surface area contributed by atoms with Gasteiger partial charge in [0.05, 0.1) is 39.0 Å². The predicted molar refractivity (Wildman–Crippen MR) is 194 cm³/mol. The minimum absolute atomic E-state index is 0.0521. The average molecular weight is 791 g/mol. The molecule has 4 aromatic carbocycles. The lowest BCUT2D eigenvalue weighted by Gasteiger charge is -2.26. The van der Waals surface area contributed by atoms with Gasteiger partial charge in [0.1, 0.15) is 40.2 Å². The van der Waals surface area contributed by atoms with Gasteiger partial charge >= 0.3 is 11.9 Å². The maximum atomic E-state index is 15.2. The van der Waals surface area contributed by atoms with Gasteiger partial charge in [-0.25, -0.2) is 40.3 Å². The highest BCUT2D eigenvalue weighted by molar-refractivity contribution is 5.95. The molecule has 4 N–H and O–H groups in total. The third kappa shape index (κ3) is 6.81. The Morgan fingerprint density at radius 3 is 1.60 bits per heavy atom. The molecule has 17 heteroatoms. The minimum Gasteiger partial charge on any atom is -0.477 e. The van der Waals surface area contributed by atoms with Crippen molar-refractivity contribution in [2.45, 2.75) is 5.54 Å². The van der Waals surface area contributed by atoms with Crippen molar-refractivity contribution in [1.82, 2.24) is 9.13 Å². The van der Waals surface area contributed by atoms with Crippen molar-refractivity contribution < 1.29 is 50.5 Å². The van der Waals surface area contributed by atoms with Gasteiger partial charge in [-0.2, -0.15) is 0 Å². The number of hydrogen-bond acceptors (Lipinski definition) is 6. The molecule has 1 saturated heterocycles. The molecule has 1 aliphatic heterocycles. The summed E-state index contributed by atoms with van der Waals surface area (Å²) < 4.78 is 99.4. The summed E-state index contributed by atoms with van der Waals surface area (Å²) in [6.45, 7) is 0.728. The van der Waals surface area contributed by atoms with Crippen LogP contribution in [-0.2, 0) is 0 Å². The molecular weight excluding hydrogens is 765 g/mol. The number of nitrogens with two attached hydrogens (primary N) is 1. The van der Waals surface area contributed by atoms with Gasteiger partial charge in [0, 0.05) is 55.0 Å². The number of nitrogens with zero attached hydrogens (tertiary/aromatic N) is 3. The smallest absolute Gasteiger partial charge is 0.341 e. The molecule has 2 unspecified atom stereocenters. The number of carboxylic acids is 2. The first kappa shape index (κ1) is 38.3. The van der Waals surface area contributed by atoms with Crippen LogP contribution < -0.4 is 21.5 Å². The molecule has 2 aliphatic rings. The lowest BCUT2D eigenvalue weighted by molar-refractivity contribution is 0.0684. The maximum Gasteiger partial charge on any atom is 0.341 e. The molecule has 2 aromatic heterocycles. The van der Waals surface area contributed by atoms with Crippen LogP contribution in [0.4, 0.5) is 36.4 Å². The number of anilines is 1. The number of aromatic carboxylic acids is 2. The summed E-state index contributed by atoms with van der Waals surface area (Å²) in [5, 5.41) is 17.9. The average Bonchev–Trinajstić information content (AvgIpc) is 3.50. The van der Waals surface area contributed by atoms with E-state index in [2.05, 4.69) is 0 Å². The van der Waals surface area contributed by atoms with Crippen molar-refractivity contribution in [3.63, 3.8) is 0 Å². The van der Waals surface area contributed by atoms with Crippen LogP contribution in [0.15, 0.2) is 107 Å². The number of halogens is 7. The Morgan fingerprint density at radius 1 is 0.632 bits per heavy atom. The first-order valence-corrected chi connectivity index (χ1v) is 16.7. The Labute approximate surface area is 315 Å². The summed E-state index contributed by atoms with van der Waals surface area (Å²) >= 11 is 0. The standard InChI is InChI=1S/C24H18F3N3O3.C16H7F4NO3/c25-14-4-5-19(17(26)7-14)30-11-16(23(32)33)22(31)15-8-18(27)21(9-20(15)30)29-10-13-3-1-2-6-24(13,28)12-29;17-7-1-2-13(12(20)3-7)21-6-9(16(23)24)15(22)8-4-10(18)11(19)5-14(8)21/h1-9,11,13H,10,12,28H2,(H,32,33);1-6H,(H,23,24). The molecule has 0 bridgehead atoms. The van der Waals surface area contributed by atoms with E-state index in [1.165, 1.54) is 6.07 Å². The van der Waals surface area contributed by atoms with Gasteiger partial charge in [-0.1, -0.05) is 24.3 Å².